The lowest BCUT2D eigenvalue weighted by Gasteiger charge is -2.27. The summed E-state index contributed by atoms with van der Waals surface area (Å²) in [5, 5.41) is 0. The molecular formula is C61H54N2. The Kier molecular flexibility index (Phi) is 13.0. The summed E-state index contributed by atoms with van der Waals surface area (Å²) >= 11 is 0. The van der Waals surface area contributed by atoms with Crippen LogP contribution in [0.2, 0.25) is 0 Å². The molecular weight excluding hydrogens is 761 g/mol. The molecule has 0 aromatic heterocycles. The summed E-state index contributed by atoms with van der Waals surface area (Å²) in [4.78, 5) is 4.71. The molecule has 0 saturated carbocycles. The van der Waals surface area contributed by atoms with Crippen molar-refractivity contribution >= 4 is 39.6 Å². The zero-order chi connectivity index (χ0) is 42.6. The van der Waals surface area contributed by atoms with Crippen molar-refractivity contribution in [3.8, 4) is 22.3 Å². The Morgan fingerprint density at radius 2 is 1.02 bits per heavy atom. The van der Waals surface area contributed by atoms with Crippen molar-refractivity contribution in [2.45, 2.75) is 45.4 Å². The van der Waals surface area contributed by atoms with Gasteiger partial charge in [0.25, 0.3) is 0 Å². The molecule has 7 aromatic carbocycles. The predicted octanol–water partition coefficient (Wildman–Crippen LogP) is 17.4. The molecule has 0 atom stereocenters. The fourth-order valence-electron chi connectivity index (χ4n) is 8.75. The lowest BCUT2D eigenvalue weighted by Crippen LogP contribution is -2.15. The van der Waals surface area contributed by atoms with Gasteiger partial charge in [0, 0.05) is 34.1 Å². The Morgan fingerprint density at radius 3 is 1.63 bits per heavy atom. The largest absolute Gasteiger partial charge is 0.311 e. The van der Waals surface area contributed by atoms with E-state index in [9.17, 15) is 0 Å². The molecule has 2 nitrogen and oxygen atoms in total. The van der Waals surface area contributed by atoms with Gasteiger partial charge in [-0.3, -0.25) is 0 Å². The molecule has 2 aliphatic rings. The van der Waals surface area contributed by atoms with E-state index in [0.29, 0.717) is 0 Å². The molecule has 0 radical (unpaired) electrons. The van der Waals surface area contributed by atoms with Crippen LogP contribution >= 0.6 is 0 Å². The van der Waals surface area contributed by atoms with Crippen LogP contribution in [0.1, 0.15) is 56.6 Å². The van der Waals surface area contributed by atoms with E-state index in [1.54, 1.807) is 0 Å². The second-order valence-electron chi connectivity index (χ2n) is 16.2. The van der Waals surface area contributed by atoms with E-state index in [2.05, 4.69) is 253 Å². The van der Waals surface area contributed by atoms with Crippen molar-refractivity contribution in [1.29, 1.82) is 0 Å². The molecule has 0 heterocycles. The van der Waals surface area contributed by atoms with Gasteiger partial charge in [-0.2, -0.15) is 0 Å². The minimum atomic E-state index is 0.896. The van der Waals surface area contributed by atoms with E-state index in [-0.39, 0.29) is 0 Å². The Hall–Kier alpha value is -7.42. The van der Waals surface area contributed by atoms with Gasteiger partial charge in [-0.1, -0.05) is 171 Å². The van der Waals surface area contributed by atoms with Gasteiger partial charge in [0.2, 0.25) is 0 Å². The molecule has 0 amide bonds. The fourth-order valence-corrected chi connectivity index (χ4v) is 8.75. The van der Waals surface area contributed by atoms with E-state index in [1.807, 2.05) is 0 Å². The lowest BCUT2D eigenvalue weighted by atomic mass is 9.92. The van der Waals surface area contributed by atoms with Crippen LogP contribution in [0.25, 0.3) is 33.4 Å². The highest BCUT2D eigenvalue weighted by molar-refractivity contribution is 5.81. The fraction of sp³-hybridized carbons (Fsp3) is 0.115. The zero-order valence-electron chi connectivity index (χ0n) is 36.2. The highest BCUT2D eigenvalue weighted by atomic mass is 15.1. The number of allylic oxidation sites excluding steroid dienone is 11. The first-order valence-corrected chi connectivity index (χ1v) is 22.5. The molecule has 0 N–H and O–H groups in total. The van der Waals surface area contributed by atoms with Gasteiger partial charge in [-0.25, -0.2) is 0 Å². The molecule has 0 aliphatic heterocycles. The smallest absolute Gasteiger partial charge is 0.0462 e. The van der Waals surface area contributed by atoms with Crippen LogP contribution in [0, 0.1) is 0 Å². The first-order valence-electron chi connectivity index (χ1n) is 22.5. The number of hydrogen-bond acceptors (Lipinski definition) is 2. The lowest BCUT2D eigenvalue weighted by molar-refractivity contribution is 1.02. The highest BCUT2D eigenvalue weighted by Crippen LogP contribution is 2.38. The highest BCUT2D eigenvalue weighted by Gasteiger charge is 2.16. The summed E-state index contributed by atoms with van der Waals surface area (Å²) in [7, 11) is 0. The van der Waals surface area contributed by atoms with E-state index in [1.165, 1.54) is 55.8 Å². The second-order valence-corrected chi connectivity index (χ2v) is 16.2. The monoisotopic (exact) mass is 814 g/mol. The summed E-state index contributed by atoms with van der Waals surface area (Å²) in [6.07, 6.45) is 24.6. The summed E-state index contributed by atoms with van der Waals surface area (Å²) in [5.41, 5.74) is 18.4. The third-order valence-electron chi connectivity index (χ3n) is 12.0. The normalized spacial score (nSPS) is 13.9. The molecule has 63 heavy (non-hydrogen) atoms. The van der Waals surface area contributed by atoms with Crippen molar-refractivity contribution in [2.24, 2.45) is 0 Å². The van der Waals surface area contributed by atoms with Crippen molar-refractivity contribution in [3.63, 3.8) is 0 Å². The molecule has 0 unspecified atom stereocenters. The summed E-state index contributed by atoms with van der Waals surface area (Å²) in [6, 6.07) is 68.1. The Balaban J connectivity index is 0.950. The van der Waals surface area contributed by atoms with Gasteiger partial charge in [0.15, 0.2) is 0 Å². The maximum Gasteiger partial charge on any atom is 0.0462 e. The zero-order valence-corrected chi connectivity index (χ0v) is 36.2. The van der Waals surface area contributed by atoms with Crippen LogP contribution in [-0.2, 0) is 0 Å². The van der Waals surface area contributed by atoms with E-state index in [0.717, 1.165) is 67.0 Å². The Morgan fingerprint density at radius 1 is 0.492 bits per heavy atom. The number of hydrogen-bond donors (Lipinski definition) is 0. The first kappa shape index (κ1) is 41.0. The summed E-state index contributed by atoms with van der Waals surface area (Å²) in [5.74, 6) is 0. The number of rotatable bonds is 14. The molecule has 0 fully saturated rings. The molecule has 2 aliphatic carbocycles. The first-order chi connectivity index (χ1) is 31.2. The van der Waals surface area contributed by atoms with Gasteiger partial charge in [0.05, 0.1) is 0 Å². The molecule has 2 heteroatoms. The van der Waals surface area contributed by atoms with Crippen LogP contribution in [-0.4, -0.2) is 0 Å². The Bertz CT molecular complexity index is 2790. The summed E-state index contributed by atoms with van der Waals surface area (Å²) in [6.45, 7) is 2.21. The maximum absolute atomic E-state index is 2.39. The van der Waals surface area contributed by atoms with Gasteiger partial charge in [-0.15, -0.1) is 0 Å². The van der Waals surface area contributed by atoms with Crippen molar-refractivity contribution in [1.82, 2.24) is 0 Å². The number of para-hydroxylation sites is 2. The van der Waals surface area contributed by atoms with Gasteiger partial charge in [0.1, 0.15) is 0 Å². The minimum absolute atomic E-state index is 0.896. The topological polar surface area (TPSA) is 6.48 Å². The molecule has 0 spiro atoms. The van der Waals surface area contributed by atoms with Gasteiger partial charge in [-0.05, 0) is 161 Å². The standard InChI is InChI=1S/C61H54N2/c1-2-18-56(32-16-20-47-19-15-25-53(45-47)48-21-7-3-8-22-48)62(57-28-11-5-12-29-57)59-39-33-50(34-40-59)51-35-41-60(42-36-51)63(58-30-13-6-14-31-58)61-43-37-52(38-44-61)55-27-17-26-54(46-55)49-23-9-4-10-24-49/h3-9,11-14,16-19,21-23,26-46H,2,10,15,20,24-25H2,1H3/b32-16-,56-18+. The number of benzene rings is 7. The number of nitrogens with zero attached hydrogens (tertiary/aromatic N) is 2. The second kappa shape index (κ2) is 20.0. The van der Waals surface area contributed by atoms with Crippen LogP contribution < -0.4 is 9.80 Å². The third-order valence-corrected chi connectivity index (χ3v) is 12.0. The van der Waals surface area contributed by atoms with Crippen LogP contribution in [0.3, 0.4) is 0 Å². The summed E-state index contributed by atoms with van der Waals surface area (Å²) < 4.78 is 0. The third kappa shape index (κ3) is 9.88. The van der Waals surface area contributed by atoms with Crippen molar-refractivity contribution in [2.75, 3.05) is 9.80 Å². The van der Waals surface area contributed by atoms with Crippen molar-refractivity contribution < 1.29 is 0 Å². The van der Waals surface area contributed by atoms with Crippen LogP contribution in [0.5, 0.6) is 0 Å². The molecule has 7 aromatic rings. The minimum Gasteiger partial charge on any atom is -0.311 e. The van der Waals surface area contributed by atoms with Gasteiger partial charge < -0.3 is 9.80 Å². The van der Waals surface area contributed by atoms with Gasteiger partial charge >= 0.3 is 0 Å². The Labute approximate surface area is 374 Å². The van der Waals surface area contributed by atoms with E-state index in [4.69, 9.17) is 0 Å². The van der Waals surface area contributed by atoms with E-state index >= 15 is 0 Å². The van der Waals surface area contributed by atoms with Crippen LogP contribution in [0.4, 0.5) is 28.4 Å². The van der Waals surface area contributed by atoms with E-state index < -0.39 is 0 Å². The maximum atomic E-state index is 2.39. The molecule has 308 valence electrons. The SMILES string of the molecule is CC/C=C(\C=C/CC1=CCCC(c2ccccc2)=C1)N(c1ccccc1)c1ccc(-c2ccc(N(c3ccccc3)c3ccc(-c4cccc(C5=CC=CCC5)c4)cc3)cc2)cc1. The average molecular weight is 815 g/mol. The average Bonchev–Trinajstić information content (AvgIpc) is 3.36. The molecule has 9 rings (SSSR count). The quantitative estimate of drug-likeness (QED) is 0.101. The molecule has 0 saturated heterocycles. The number of anilines is 5. The van der Waals surface area contributed by atoms with Crippen molar-refractivity contribution in [3.05, 3.63) is 259 Å². The predicted molar refractivity (Wildman–Crippen MR) is 271 cm³/mol. The van der Waals surface area contributed by atoms with Crippen LogP contribution in [0.15, 0.2) is 248 Å². The molecule has 0 bridgehead atoms.